The molecule has 1 saturated heterocycles. The second-order valence-corrected chi connectivity index (χ2v) is 6.83. The van der Waals surface area contributed by atoms with Crippen molar-refractivity contribution >= 4 is 33.7 Å². The highest BCUT2D eigenvalue weighted by Crippen LogP contribution is 2.24. The summed E-state index contributed by atoms with van der Waals surface area (Å²) >= 11 is 1.61. The minimum Gasteiger partial charge on any atom is -0.441 e. The van der Waals surface area contributed by atoms with Crippen LogP contribution < -0.4 is 4.90 Å². The summed E-state index contributed by atoms with van der Waals surface area (Å²) in [6, 6.07) is 7.47. The monoisotopic (exact) mass is 317 g/mol. The molecule has 1 fully saturated rings. The molecule has 6 nitrogen and oxygen atoms in total. The number of hydrogen-bond acceptors (Lipinski definition) is 6. The van der Waals surface area contributed by atoms with E-state index in [1.807, 2.05) is 30.5 Å². The van der Waals surface area contributed by atoms with Gasteiger partial charge in [-0.1, -0.05) is 0 Å². The number of carbonyl (C=O) groups is 1. The van der Waals surface area contributed by atoms with Gasteiger partial charge in [-0.25, -0.2) is 4.79 Å². The van der Waals surface area contributed by atoms with Gasteiger partial charge in [-0.3, -0.25) is 9.08 Å². The number of rotatable bonds is 5. The van der Waals surface area contributed by atoms with Crippen molar-refractivity contribution in [2.45, 2.75) is 11.0 Å². The van der Waals surface area contributed by atoms with Gasteiger partial charge in [0.2, 0.25) is 0 Å². The first-order chi connectivity index (χ1) is 9.39. The third-order valence-corrected chi connectivity index (χ3v) is 4.03. The fraction of sp³-hybridized carbons (Fsp3) is 0.417. The molecule has 0 aromatic heterocycles. The Morgan fingerprint density at radius 3 is 2.60 bits per heavy atom. The van der Waals surface area contributed by atoms with E-state index in [0.29, 0.717) is 0 Å². The van der Waals surface area contributed by atoms with Gasteiger partial charge >= 0.3 is 6.09 Å². The maximum absolute atomic E-state index is 11.8. The molecule has 0 unspecified atom stereocenters. The third-order valence-electron chi connectivity index (χ3n) is 2.73. The Morgan fingerprint density at radius 2 is 2.05 bits per heavy atom. The highest BCUT2D eigenvalue weighted by molar-refractivity contribution is 7.98. The topological polar surface area (TPSA) is 72.9 Å². The summed E-state index contributed by atoms with van der Waals surface area (Å²) in [4.78, 5) is 14.3. The van der Waals surface area contributed by atoms with Crippen molar-refractivity contribution in [3.63, 3.8) is 0 Å². The van der Waals surface area contributed by atoms with E-state index in [1.165, 1.54) is 4.90 Å². The molecule has 20 heavy (non-hydrogen) atoms. The number of hydrogen-bond donors (Lipinski definition) is 0. The quantitative estimate of drug-likeness (QED) is 0.608. The molecule has 1 heterocycles. The first-order valence-corrected chi connectivity index (χ1v) is 8.90. The van der Waals surface area contributed by atoms with Crippen LogP contribution >= 0.6 is 11.8 Å². The van der Waals surface area contributed by atoms with Crippen LogP contribution in [0.15, 0.2) is 29.2 Å². The van der Waals surface area contributed by atoms with Crippen molar-refractivity contribution in [2.75, 3.05) is 30.6 Å². The molecule has 2 rings (SSSR count). The summed E-state index contributed by atoms with van der Waals surface area (Å²) in [6.07, 6.45) is 1.85. The zero-order valence-electron chi connectivity index (χ0n) is 11.1. The number of amides is 1. The lowest BCUT2D eigenvalue weighted by Gasteiger charge is -2.13. The Kier molecular flexibility index (Phi) is 4.56. The Morgan fingerprint density at radius 1 is 1.40 bits per heavy atom. The van der Waals surface area contributed by atoms with Crippen LogP contribution in [0.4, 0.5) is 10.5 Å². The van der Waals surface area contributed by atoms with Crippen molar-refractivity contribution in [1.82, 2.24) is 0 Å². The molecule has 0 spiro atoms. The molecular formula is C12H15NO5S2. The number of anilines is 1. The van der Waals surface area contributed by atoms with Crippen LogP contribution in [0, 0.1) is 0 Å². The Hall–Kier alpha value is -1.25. The summed E-state index contributed by atoms with van der Waals surface area (Å²) in [6.45, 7) is 0.108. The molecule has 1 aromatic rings. The van der Waals surface area contributed by atoms with E-state index in [9.17, 15) is 13.2 Å². The van der Waals surface area contributed by atoms with Crippen LogP contribution in [-0.2, 0) is 19.0 Å². The van der Waals surface area contributed by atoms with E-state index in [2.05, 4.69) is 4.18 Å². The highest BCUT2D eigenvalue weighted by atomic mass is 32.2. The Balaban J connectivity index is 2.01. The standard InChI is InChI=1S/C12H15NO5S2/c1-19-11-5-3-9(4-6-11)13-7-10(18-12(13)14)8-17-20(2,15)16/h3-6,10H,7-8H2,1-2H3/t10-/m1/s1. The van der Waals surface area contributed by atoms with Crippen LogP contribution in [0.2, 0.25) is 0 Å². The predicted octanol–water partition coefficient (Wildman–Crippen LogP) is 1.71. The Labute approximate surface area is 122 Å². The first-order valence-electron chi connectivity index (χ1n) is 5.85. The van der Waals surface area contributed by atoms with Crippen molar-refractivity contribution in [3.8, 4) is 0 Å². The third kappa shape index (κ3) is 3.87. The maximum Gasteiger partial charge on any atom is 0.414 e. The fourth-order valence-corrected chi connectivity index (χ4v) is 2.59. The van der Waals surface area contributed by atoms with Crippen molar-refractivity contribution in [2.24, 2.45) is 0 Å². The lowest BCUT2D eigenvalue weighted by molar-refractivity contribution is 0.107. The molecule has 1 aromatic carbocycles. The average Bonchev–Trinajstić information content (AvgIpc) is 2.77. The van der Waals surface area contributed by atoms with Gasteiger partial charge in [-0.05, 0) is 30.5 Å². The zero-order chi connectivity index (χ0) is 14.8. The molecule has 110 valence electrons. The minimum atomic E-state index is -3.53. The molecule has 0 radical (unpaired) electrons. The van der Waals surface area contributed by atoms with Gasteiger partial charge in [0.1, 0.15) is 12.7 Å². The van der Waals surface area contributed by atoms with Crippen LogP contribution in [0.3, 0.4) is 0 Å². The molecule has 1 aliphatic heterocycles. The summed E-state index contributed by atoms with van der Waals surface area (Å²) in [5, 5.41) is 0. The van der Waals surface area contributed by atoms with Crippen LogP contribution in [0.1, 0.15) is 0 Å². The molecule has 0 saturated carbocycles. The van der Waals surface area contributed by atoms with E-state index >= 15 is 0 Å². The second kappa shape index (κ2) is 6.02. The number of nitrogens with zero attached hydrogens (tertiary/aromatic N) is 1. The van der Waals surface area contributed by atoms with E-state index in [1.54, 1.807) is 11.8 Å². The number of ether oxygens (including phenoxy) is 1. The summed E-state index contributed by atoms with van der Waals surface area (Å²) in [5.74, 6) is 0. The summed E-state index contributed by atoms with van der Waals surface area (Å²) in [5.41, 5.74) is 0.717. The first kappa shape index (κ1) is 15.1. The normalized spacial score (nSPS) is 19.2. The van der Waals surface area contributed by atoms with E-state index in [4.69, 9.17) is 4.74 Å². The lowest BCUT2D eigenvalue weighted by Crippen LogP contribution is -2.26. The second-order valence-electron chi connectivity index (χ2n) is 4.30. The summed E-state index contributed by atoms with van der Waals surface area (Å²) in [7, 11) is -3.53. The summed E-state index contributed by atoms with van der Waals surface area (Å²) < 4.78 is 31.5. The molecule has 0 N–H and O–H groups in total. The van der Waals surface area contributed by atoms with E-state index in [0.717, 1.165) is 16.8 Å². The van der Waals surface area contributed by atoms with Gasteiger partial charge in [-0.2, -0.15) is 8.42 Å². The number of cyclic esters (lactones) is 1. The molecule has 8 heteroatoms. The van der Waals surface area contributed by atoms with Gasteiger partial charge < -0.3 is 4.74 Å². The van der Waals surface area contributed by atoms with Crippen LogP contribution in [0.25, 0.3) is 0 Å². The molecule has 0 aliphatic carbocycles. The predicted molar refractivity (Wildman–Crippen MR) is 76.6 cm³/mol. The SMILES string of the molecule is CSc1ccc(N2C[C@H](COS(C)(=O)=O)OC2=O)cc1. The number of benzene rings is 1. The maximum atomic E-state index is 11.8. The van der Waals surface area contributed by atoms with Crippen molar-refractivity contribution in [3.05, 3.63) is 24.3 Å². The minimum absolute atomic E-state index is 0.163. The van der Waals surface area contributed by atoms with Gasteiger partial charge in [0, 0.05) is 10.6 Å². The van der Waals surface area contributed by atoms with Gasteiger partial charge in [0.15, 0.2) is 0 Å². The Bertz CT molecular complexity index is 584. The largest absolute Gasteiger partial charge is 0.441 e. The molecule has 1 aliphatic rings. The molecule has 1 amide bonds. The van der Waals surface area contributed by atoms with Gasteiger partial charge in [0.05, 0.1) is 12.8 Å². The highest BCUT2D eigenvalue weighted by Gasteiger charge is 2.33. The van der Waals surface area contributed by atoms with Crippen molar-refractivity contribution in [1.29, 1.82) is 0 Å². The number of thioether (sulfide) groups is 1. The van der Waals surface area contributed by atoms with Gasteiger partial charge in [0.25, 0.3) is 10.1 Å². The van der Waals surface area contributed by atoms with Crippen LogP contribution in [-0.4, -0.2) is 46.3 Å². The zero-order valence-corrected chi connectivity index (χ0v) is 12.7. The molecule has 0 bridgehead atoms. The fourth-order valence-electron chi connectivity index (χ4n) is 1.78. The smallest absolute Gasteiger partial charge is 0.414 e. The van der Waals surface area contributed by atoms with Gasteiger partial charge in [-0.15, -0.1) is 11.8 Å². The van der Waals surface area contributed by atoms with Crippen molar-refractivity contribution < 1.29 is 22.1 Å². The molecular weight excluding hydrogens is 302 g/mol. The van der Waals surface area contributed by atoms with Crippen LogP contribution in [0.5, 0.6) is 0 Å². The van der Waals surface area contributed by atoms with E-state index in [-0.39, 0.29) is 13.2 Å². The average molecular weight is 317 g/mol. The lowest BCUT2D eigenvalue weighted by atomic mass is 10.3. The number of carbonyl (C=O) groups excluding carboxylic acids is 1. The molecule has 1 atom stereocenters. The van der Waals surface area contributed by atoms with E-state index < -0.39 is 22.3 Å².